The van der Waals surface area contributed by atoms with Gasteiger partial charge in [0.1, 0.15) is 4.47 Å². The zero-order valence-electron chi connectivity index (χ0n) is 11.6. The zero-order valence-corrected chi connectivity index (χ0v) is 13.2. The minimum Gasteiger partial charge on any atom is -0.369 e. The molecule has 1 rings (SSSR count). The van der Waals surface area contributed by atoms with E-state index in [1.807, 2.05) is 13.8 Å². The molecule has 1 unspecified atom stereocenters. The van der Waals surface area contributed by atoms with Crippen LogP contribution in [0.3, 0.4) is 0 Å². The summed E-state index contributed by atoms with van der Waals surface area (Å²) in [5, 5.41) is 7.33. The van der Waals surface area contributed by atoms with Crippen molar-refractivity contribution < 1.29 is 0 Å². The molecule has 5 heteroatoms. The molecule has 19 heavy (non-hydrogen) atoms. The molecule has 0 radical (unpaired) electrons. The van der Waals surface area contributed by atoms with Gasteiger partial charge >= 0.3 is 0 Å². The van der Waals surface area contributed by atoms with E-state index >= 15 is 0 Å². The van der Waals surface area contributed by atoms with Crippen LogP contribution in [0.15, 0.2) is 15.5 Å². The van der Waals surface area contributed by atoms with Gasteiger partial charge in [-0.3, -0.25) is 4.79 Å². The van der Waals surface area contributed by atoms with Crippen LogP contribution in [0.1, 0.15) is 33.6 Å². The summed E-state index contributed by atoms with van der Waals surface area (Å²) >= 11 is 3.33. The molecule has 1 heterocycles. The second-order valence-electron chi connectivity index (χ2n) is 4.91. The van der Waals surface area contributed by atoms with E-state index in [1.165, 1.54) is 4.68 Å². The molecule has 0 saturated carbocycles. The van der Waals surface area contributed by atoms with Gasteiger partial charge in [-0.1, -0.05) is 33.1 Å². The normalized spacial score (nSPS) is 12.2. The van der Waals surface area contributed by atoms with Crippen molar-refractivity contribution in [1.82, 2.24) is 9.78 Å². The number of hydrogen-bond acceptors (Lipinski definition) is 3. The lowest BCUT2D eigenvalue weighted by Crippen LogP contribution is -2.28. The third kappa shape index (κ3) is 4.39. The van der Waals surface area contributed by atoms with Gasteiger partial charge in [0.2, 0.25) is 0 Å². The Morgan fingerprint density at radius 2 is 2.26 bits per heavy atom. The van der Waals surface area contributed by atoms with Crippen LogP contribution in [-0.2, 0) is 6.54 Å². The zero-order chi connectivity index (χ0) is 14.4. The second kappa shape index (κ2) is 7.34. The van der Waals surface area contributed by atoms with Crippen molar-refractivity contribution in [3.63, 3.8) is 0 Å². The van der Waals surface area contributed by atoms with E-state index in [1.54, 1.807) is 6.20 Å². The topological polar surface area (TPSA) is 46.9 Å². The number of halogens is 1. The van der Waals surface area contributed by atoms with Crippen molar-refractivity contribution in [2.24, 2.45) is 5.92 Å². The predicted octanol–water partition coefficient (Wildman–Crippen LogP) is 2.88. The fourth-order valence-corrected chi connectivity index (χ4v) is 2.14. The number of anilines is 1. The molecule has 0 aliphatic carbocycles. The number of hydrogen-bond donors (Lipinski definition) is 1. The Labute approximate surface area is 122 Å². The molecule has 1 aromatic heterocycles. The Bertz CT molecular complexity index is 516. The van der Waals surface area contributed by atoms with E-state index in [0.717, 1.165) is 12.8 Å². The van der Waals surface area contributed by atoms with Crippen LogP contribution in [0.25, 0.3) is 0 Å². The Balaban J connectivity index is 2.97. The number of rotatable bonds is 6. The van der Waals surface area contributed by atoms with Gasteiger partial charge in [0.15, 0.2) is 0 Å². The van der Waals surface area contributed by atoms with E-state index < -0.39 is 0 Å². The van der Waals surface area contributed by atoms with E-state index in [-0.39, 0.29) is 11.6 Å². The first-order valence-corrected chi connectivity index (χ1v) is 7.27. The molecule has 0 aliphatic rings. The number of nitrogens with one attached hydrogen (secondary N) is 1. The Morgan fingerprint density at radius 1 is 1.58 bits per heavy atom. The van der Waals surface area contributed by atoms with Gasteiger partial charge in [0, 0.05) is 6.54 Å². The Morgan fingerprint density at radius 3 is 2.79 bits per heavy atom. The highest BCUT2D eigenvalue weighted by Gasteiger charge is 2.12. The molecule has 0 aromatic carbocycles. The molecule has 104 valence electrons. The van der Waals surface area contributed by atoms with Crippen LogP contribution in [0.5, 0.6) is 0 Å². The molecular weight excluding hydrogens is 306 g/mol. The largest absolute Gasteiger partial charge is 0.369 e. The summed E-state index contributed by atoms with van der Waals surface area (Å²) in [6.45, 7) is 6.76. The summed E-state index contributed by atoms with van der Waals surface area (Å²) in [7, 11) is 0. The maximum absolute atomic E-state index is 12.1. The first kappa shape index (κ1) is 15.8. The molecule has 0 fully saturated rings. The van der Waals surface area contributed by atoms with E-state index in [9.17, 15) is 4.79 Å². The minimum absolute atomic E-state index is 0.0801. The SMILES string of the molecule is C#CC(CCC)Nc1cnn(CC(C)C)c(=O)c1Br. The second-order valence-corrected chi connectivity index (χ2v) is 5.70. The molecule has 0 amide bonds. The molecule has 0 spiro atoms. The predicted molar refractivity (Wildman–Crippen MR) is 82.2 cm³/mol. The third-order valence-electron chi connectivity index (χ3n) is 2.63. The van der Waals surface area contributed by atoms with Crippen LogP contribution in [-0.4, -0.2) is 15.8 Å². The van der Waals surface area contributed by atoms with Gasteiger partial charge in [-0.15, -0.1) is 6.42 Å². The standard InChI is InChI=1S/C14H20BrN3O/c1-5-7-11(6-2)17-12-8-16-18(9-10(3)4)14(19)13(12)15/h2,8,10-11,17H,5,7,9H2,1,3-4H3. The van der Waals surface area contributed by atoms with Crippen molar-refractivity contribution in [3.8, 4) is 12.3 Å². The van der Waals surface area contributed by atoms with E-state index in [4.69, 9.17) is 6.42 Å². The van der Waals surface area contributed by atoms with Crippen molar-refractivity contribution in [1.29, 1.82) is 0 Å². The average molecular weight is 326 g/mol. The molecule has 4 nitrogen and oxygen atoms in total. The van der Waals surface area contributed by atoms with Crippen LogP contribution in [0, 0.1) is 18.3 Å². The van der Waals surface area contributed by atoms with Crippen LogP contribution < -0.4 is 10.9 Å². The molecule has 1 atom stereocenters. The lowest BCUT2D eigenvalue weighted by molar-refractivity contribution is 0.462. The number of nitrogens with zero attached hydrogens (tertiary/aromatic N) is 2. The lowest BCUT2D eigenvalue weighted by atomic mass is 10.2. The maximum Gasteiger partial charge on any atom is 0.283 e. The summed E-state index contributed by atoms with van der Waals surface area (Å²) in [4.78, 5) is 12.1. The number of terminal acetylenes is 1. The minimum atomic E-state index is -0.133. The first-order valence-electron chi connectivity index (χ1n) is 6.47. The maximum atomic E-state index is 12.1. The molecule has 0 aliphatic heterocycles. The Kier molecular flexibility index (Phi) is 6.10. The summed E-state index contributed by atoms with van der Waals surface area (Å²) < 4.78 is 1.95. The highest BCUT2D eigenvalue weighted by molar-refractivity contribution is 9.10. The molecule has 0 bridgehead atoms. The monoisotopic (exact) mass is 325 g/mol. The lowest BCUT2D eigenvalue weighted by Gasteiger charge is -2.15. The van der Waals surface area contributed by atoms with E-state index in [2.05, 4.69) is 39.2 Å². The summed E-state index contributed by atoms with van der Waals surface area (Å²) in [6.07, 6.45) is 8.95. The fraction of sp³-hybridized carbons (Fsp3) is 0.571. The van der Waals surface area contributed by atoms with E-state index in [0.29, 0.717) is 22.6 Å². The summed E-state index contributed by atoms with van der Waals surface area (Å²) in [5.74, 6) is 3.05. The smallest absolute Gasteiger partial charge is 0.283 e. The van der Waals surface area contributed by atoms with Gasteiger partial charge in [0.25, 0.3) is 5.56 Å². The van der Waals surface area contributed by atoms with Gasteiger partial charge < -0.3 is 5.32 Å². The van der Waals surface area contributed by atoms with Gasteiger partial charge in [0.05, 0.1) is 17.9 Å². The average Bonchev–Trinajstić information content (AvgIpc) is 2.37. The van der Waals surface area contributed by atoms with Gasteiger partial charge in [-0.25, -0.2) is 4.68 Å². The molecule has 0 saturated heterocycles. The quantitative estimate of drug-likeness (QED) is 0.818. The summed E-state index contributed by atoms with van der Waals surface area (Å²) in [5.41, 5.74) is 0.521. The van der Waals surface area contributed by atoms with Crippen molar-refractivity contribution >= 4 is 21.6 Å². The fourth-order valence-electron chi connectivity index (χ4n) is 1.72. The third-order valence-corrected chi connectivity index (χ3v) is 3.40. The van der Waals surface area contributed by atoms with Gasteiger partial charge in [-0.05, 0) is 28.3 Å². The van der Waals surface area contributed by atoms with Crippen molar-refractivity contribution in [3.05, 3.63) is 21.0 Å². The molecular formula is C14H20BrN3O. The highest BCUT2D eigenvalue weighted by Crippen LogP contribution is 2.18. The van der Waals surface area contributed by atoms with Crippen LogP contribution >= 0.6 is 15.9 Å². The van der Waals surface area contributed by atoms with Crippen molar-refractivity contribution in [2.45, 2.75) is 46.2 Å². The number of aromatic nitrogens is 2. The van der Waals surface area contributed by atoms with Crippen molar-refractivity contribution in [2.75, 3.05) is 5.32 Å². The van der Waals surface area contributed by atoms with Gasteiger partial charge in [-0.2, -0.15) is 5.10 Å². The summed E-state index contributed by atoms with van der Waals surface area (Å²) in [6, 6.07) is -0.0801. The Hall–Kier alpha value is -1.28. The molecule has 1 aromatic rings. The highest BCUT2D eigenvalue weighted by atomic mass is 79.9. The first-order chi connectivity index (χ1) is 8.99. The van der Waals surface area contributed by atoms with Crippen LogP contribution in [0.4, 0.5) is 5.69 Å². The molecule has 1 N–H and O–H groups in total. The van der Waals surface area contributed by atoms with Crippen LogP contribution in [0.2, 0.25) is 0 Å².